The van der Waals surface area contributed by atoms with Crippen molar-refractivity contribution in [2.45, 2.75) is 301 Å². The van der Waals surface area contributed by atoms with Crippen molar-refractivity contribution >= 4 is 11.9 Å². The van der Waals surface area contributed by atoms with Gasteiger partial charge in [-0.05, 0) is 110 Å². The van der Waals surface area contributed by atoms with Gasteiger partial charge in [0.15, 0.2) is 6.29 Å². The molecule has 434 valence electrons. The first kappa shape index (κ1) is 70.1. The molecule has 11 heteroatoms. The summed E-state index contributed by atoms with van der Waals surface area (Å²) in [6.45, 7) is 4.05. The van der Waals surface area contributed by atoms with Crippen molar-refractivity contribution in [3.8, 4) is 0 Å². The Morgan fingerprint density at radius 1 is 0.520 bits per heavy atom. The molecule has 1 amide bonds. The number of esters is 1. The van der Waals surface area contributed by atoms with Crippen LogP contribution in [-0.2, 0) is 23.8 Å². The molecule has 0 aromatic carbocycles. The summed E-state index contributed by atoms with van der Waals surface area (Å²) in [4.78, 5) is 25.1. The van der Waals surface area contributed by atoms with Gasteiger partial charge in [0.05, 0.1) is 32.0 Å². The molecule has 0 spiro atoms. The number of allylic oxidation sites excluding steroid dienone is 11. The molecule has 6 N–H and O–H groups in total. The van der Waals surface area contributed by atoms with Crippen molar-refractivity contribution in [2.75, 3.05) is 19.8 Å². The third kappa shape index (κ3) is 42.8. The molecule has 1 aliphatic heterocycles. The molecular formula is C64H113NO10. The van der Waals surface area contributed by atoms with Gasteiger partial charge in [0, 0.05) is 12.8 Å². The average molecular weight is 1060 g/mol. The summed E-state index contributed by atoms with van der Waals surface area (Å²) < 4.78 is 16.7. The highest BCUT2D eigenvalue weighted by Gasteiger charge is 2.44. The van der Waals surface area contributed by atoms with Crippen LogP contribution < -0.4 is 5.32 Å². The van der Waals surface area contributed by atoms with Gasteiger partial charge in [-0.3, -0.25) is 9.59 Å². The molecule has 1 aliphatic rings. The Morgan fingerprint density at radius 2 is 0.960 bits per heavy atom. The number of unbranched alkanes of at least 4 members (excludes halogenated alkanes) is 29. The number of hydrogen-bond donors (Lipinski definition) is 6. The van der Waals surface area contributed by atoms with E-state index in [-0.39, 0.29) is 18.5 Å². The van der Waals surface area contributed by atoms with Gasteiger partial charge in [-0.1, -0.05) is 208 Å². The molecule has 1 fully saturated rings. The maximum absolute atomic E-state index is 13.0. The molecule has 75 heavy (non-hydrogen) atoms. The van der Waals surface area contributed by atoms with Crippen LogP contribution in [-0.4, -0.2) is 100 Å². The summed E-state index contributed by atoms with van der Waals surface area (Å²) in [5.74, 6) is -0.226. The van der Waals surface area contributed by atoms with Crippen molar-refractivity contribution in [1.82, 2.24) is 5.32 Å². The van der Waals surface area contributed by atoms with Gasteiger partial charge in [-0.2, -0.15) is 0 Å². The van der Waals surface area contributed by atoms with Crippen LogP contribution in [0.4, 0.5) is 0 Å². The standard InChI is InChI=1S/C64H113NO10/c1-3-5-7-9-11-13-14-15-16-26-29-32-36-40-44-48-52-60(69)73-53-49-45-41-37-33-30-27-24-22-20-18-17-19-21-23-25-28-31-35-39-43-47-51-59(68)65-56(57(67)50-46-42-38-34-12-10-8-6-4-2)55-74-64-63(72)62(71)61(70)58(54-66)75-64/h4,6,12-14,16,19,21,26,34,46,50,56-58,61-64,66-67,70-72H,3,5,7-11,15,17-18,20,22-25,27-33,35-45,47-49,51-55H2,1-2H3,(H,65,68)/b6-4+,14-13-,21-19-,26-16-,34-12+,50-46+. The van der Waals surface area contributed by atoms with Gasteiger partial charge in [0.2, 0.25) is 5.91 Å². The predicted octanol–water partition coefficient (Wildman–Crippen LogP) is 14.4. The molecule has 0 aromatic heterocycles. The minimum atomic E-state index is -1.58. The zero-order valence-electron chi connectivity index (χ0n) is 47.7. The third-order valence-electron chi connectivity index (χ3n) is 14.1. The average Bonchev–Trinajstić information content (AvgIpc) is 3.41. The molecule has 11 nitrogen and oxygen atoms in total. The summed E-state index contributed by atoms with van der Waals surface area (Å²) >= 11 is 0. The van der Waals surface area contributed by atoms with E-state index in [1.807, 2.05) is 19.1 Å². The molecule has 0 aliphatic carbocycles. The van der Waals surface area contributed by atoms with Crippen molar-refractivity contribution in [3.05, 3.63) is 72.9 Å². The fraction of sp³-hybridized carbons (Fsp3) is 0.781. The Balaban J connectivity index is 2.00. The Morgan fingerprint density at radius 3 is 1.48 bits per heavy atom. The van der Waals surface area contributed by atoms with Crippen LogP contribution in [0.1, 0.15) is 258 Å². The maximum Gasteiger partial charge on any atom is 0.305 e. The second-order valence-corrected chi connectivity index (χ2v) is 21.0. The van der Waals surface area contributed by atoms with E-state index in [2.05, 4.69) is 66.9 Å². The Bertz CT molecular complexity index is 1470. The highest BCUT2D eigenvalue weighted by molar-refractivity contribution is 5.76. The van der Waals surface area contributed by atoms with E-state index in [1.165, 1.54) is 135 Å². The minimum Gasteiger partial charge on any atom is -0.466 e. The zero-order chi connectivity index (χ0) is 54.5. The summed E-state index contributed by atoms with van der Waals surface area (Å²) in [5, 5.41) is 54.1. The van der Waals surface area contributed by atoms with Crippen LogP contribution in [0.25, 0.3) is 0 Å². The highest BCUT2D eigenvalue weighted by Crippen LogP contribution is 2.23. The number of ether oxygens (including phenoxy) is 3. The molecule has 1 rings (SSSR count). The van der Waals surface area contributed by atoms with Crippen LogP contribution in [0.2, 0.25) is 0 Å². The quantitative estimate of drug-likeness (QED) is 0.0195. The number of carbonyl (C=O) groups is 2. The Labute approximate surface area is 458 Å². The minimum absolute atomic E-state index is 0.0179. The SMILES string of the molecule is C/C=C/CC/C=C/CC/C=C/C(O)C(COC1OC(CO)C(O)C(O)C1O)NC(=O)CCCCCCCCC/C=C\CCCCCCCCCCCCCOC(=O)CCCCCCC/C=C\C/C=C\CCCCCC. The fourth-order valence-corrected chi connectivity index (χ4v) is 9.20. The van der Waals surface area contributed by atoms with Gasteiger partial charge < -0.3 is 45.1 Å². The monoisotopic (exact) mass is 1060 g/mol. The molecule has 0 bridgehead atoms. The summed E-state index contributed by atoms with van der Waals surface area (Å²) in [6, 6.07) is -0.840. The summed E-state index contributed by atoms with van der Waals surface area (Å²) in [7, 11) is 0. The Kier molecular flexibility index (Phi) is 49.7. The second-order valence-electron chi connectivity index (χ2n) is 21.0. The van der Waals surface area contributed by atoms with Crippen LogP contribution in [0.5, 0.6) is 0 Å². The lowest BCUT2D eigenvalue weighted by Gasteiger charge is -2.40. The van der Waals surface area contributed by atoms with E-state index in [9.17, 15) is 35.1 Å². The molecule has 1 heterocycles. The number of nitrogens with one attached hydrogen (secondary N) is 1. The molecule has 0 aromatic rings. The van der Waals surface area contributed by atoms with Gasteiger partial charge in [0.25, 0.3) is 0 Å². The van der Waals surface area contributed by atoms with Crippen LogP contribution >= 0.6 is 0 Å². The van der Waals surface area contributed by atoms with Crippen molar-refractivity contribution in [1.29, 1.82) is 0 Å². The molecular weight excluding hydrogens is 943 g/mol. The van der Waals surface area contributed by atoms with E-state index in [0.717, 1.165) is 89.9 Å². The number of amides is 1. The first-order valence-electron chi connectivity index (χ1n) is 30.7. The van der Waals surface area contributed by atoms with Crippen molar-refractivity contribution in [3.63, 3.8) is 0 Å². The number of rotatable bonds is 52. The number of hydrogen-bond acceptors (Lipinski definition) is 10. The topological polar surface area (TPSA) is 175 Å². The molecule has 0 saturated carbocycles. The lowest BCUT2D eigenvalue weighted by molar-refractivity contribution is -0.302. The molecule has 1 saturated heterocycles. The number of carbonyl (C=O) groups excluding carboxylic acids is 2. The van der Waals surface area contributed by atoms with Gasteiger partial charge >= 0.3 is 5.97 Å². The zero-order valence-corrected chi connectivity index (χ0v) is 47.7. The Hall–Kier alpha value is -2.90. The van der Waals surface area contributed by atoms with Gasteiger partial charge in [-0.15, -0.1) is 0 Å². The summed E-state index contributed by atoms with van der Waals surface area (Å²) in [6.07, 6.45) is 60.4. The van der Waals surface area contributed by atoms with Crippen molar-refractivity contribution < 1.29 is 49.3 Å². The fourth-order valence-electron chi connectivity index (χ4n) is 9.20. The van der Waals surface area contributed by atoms with Crippen LogP contribution in [0.3, 0.4) is 0 Å². The van der Waals surface area contributed by atoms with Crippen LogP contribution in [0, 0.1) is 0 Å². The summed E-state index contributed by atoms with van der Waals surface area (Å²) in [5.41, 5.74) is 0. The van der Waals surface area contributed by atoms with E-state index >= 15 is 0 Å². The molecule has 7 atom stereocenters. The van der Waals surface area contributed by atoms with Crippen molar-refractivity contribution in [2.24, 2.45) is 0 Å². The maximum atomic E-state index is 13.0. The number of aliphatic hydroxyl groups excluding tert-OH is 5. The number of aliphatic hydroxyl groups is 5. The second kappa shape index (κ2) is 53.1. The normalized spacial score (nSPS) is 19.3. The first-order valence-corrected chi connectivity index (χ1v) is 30.7. The van der Waals surface area contributed by atoms with E-state index in [4.69, 9.17) is 14.2 Å². The first-order chi connectivity index (χ1) is 36.7. The van der Waals surface area contributed by atoms with Gasteiger partial charge in [0.1, 0.15) is 24.4 Å². The van der Waals surface area contributed by atoms with Gasteiger partial charge in [-0.25, -0.2) is 0 Å². The van der Waals surface area contributed by atoms with Crippen LogP contribution in [0.15, 0.2) is 72.9 Å². The third-order valence-corrected chi connectivity index (χ3v) is 14.1. The highest BCUT2D eigenvalue weighted by atomic mass is 16.7. The largest absolute Gasteiger partial charge is 0.466 e. The molecule has 0 radical (unpaired) electrons. The van der Waals surface area contributed by atoms with E-state index in [0.29, 0.717) is 25.9 Å². The lowest BCUT2D eigenvalue weighted by Crippen LogP contribution is -2.60. The van der Waals surface area contributed by atoms with E-state index in [1.54, 1.807) is 6.08 Å². The smallest absolute Gasteiger partial charge is 0.305 e. The lowest BCUT2D eigenvalue weighted by atomic mass is 9.99. The van der Waals surface area contributed by atoms with E-state index < -0.39 is 49.5 Å². The predicted molar refractivity (Wildman–Crippen MR) is 310 cm³/mol. The molecule has 7 unspecified atom stereocenters.